The second-order valence-electron chi connectivity index (χ2n) is 5.89. The van der Waals surface area contributed by atoms with E-state index in [0.29, 0.717) is 42.5 Å². The Morgan fingerprint density at radius 1 is 1.26 bits per heavy atom. The fourth-order valence-electron chi connectivity index (χ4n) is 2.38. The highest BCUT2D eigenvalue weighted by molar-refractivity contribution is 5.77. The van der Waals surface area contributed by atoms with Crippen LogP contribution in [0.15, 0.2) is 29.1 Å². The fourth-order valence-corrected chi connectivity index (χ4v) is 2.38. The molecule has 2 N–H and O–H groups in total. The molecule has 0 radical (unpaired) electrons. The zero-order chi connectivity index (χ0) is 16.7. The first kappa shape index (κ1) is 17.1. The van der Waals surface area contributed by atoms with E-state index in [1.54, 1.807) is 6.07 Å². The molecular formula is C17H24N4O2. The zero-order valence-corrected chi connectivity index (χ0v) is 13.8. The van der Waals surface area contributed by atoms with Crippen LogP contribution in [0.25, 0.3) is 10.9 Å². The normalized spacial score (nSPS) is 11.1. The largest absolute Gasteiger partial charge is 0.356 e. The Morgan fingerprint density at radius 3 is 2.83 bits per heavy atom. The summed E-state index contributed by atoms with van der Waals surface area (Å²) >= 11 is 0. The molecule has 0 saturated heterocycles. The third-order valence-electron chi connectivity index (χ3n) is 3.58. The Hall–Kier alpha value is -2.21. The van der Waals surface area contributed by atoms with Crippen molar-refractivity contribution in [3.63, 3.8) is 0 Å². The second kappa shape index (κ2) is 8.43. The molecule has 0 aliphatic heterocycles. The second-order valence-corrected chi connectivity index (χ2v) is 5.89. The molecule has 0 aliphatic carbocycles. The summed E-state index contributed by atoms with van der Waals surface area (Å²) in [5.74, 6) is 0.681. The van der Waals surface area contributed by atoms with Gasteiger partial charge in [-0.2, -0.15) is 0 Å². The van der Waals surface area contributed by atoms with Crippen molar-refractivity contribution >= 4 is 16.8 Å². The fraction of sp³-hybridized carbons (Fsp3) is 0.471. The van der Waals surface area contributed by atoms with Crippen molar-refractivity contribution in [2.24, 2.45) is 0 Å². The number of H-pyrrole nitrogens is 1. The average Bonchev–Trinajstić information content (AvgIpc) is 2.51. The van der Waals surface area contributed by atoms with Crippen molar-refractivity contribution in [1.29, 1.82) is 0 Å². The van der Waals surface area contributed by atoms with Gasteiger partial charge >= 0.3 is 0 Å². The Labute approximate surface area is 135 Å². The first-order chi connectivity index (χ1) is 11.1. The summed E-state index contributed by atoms with van der Waals surface area (Å²) in [7, 11) is 4.03. The van der Waals surface area contributed by atoms with Gasteiger partial charge in [-0.1, -0.05) is 12.1 Å². The van der Waals surface area contributed by atoms with Crippen LogP contribution < -0.4 is 10.9 Å². The van der Waals surface area contributed by atoms with Crippen molar-refractivity contribution in [2.45, 2.75) is 25.7 Å². The number of hydrogen-bond acceptors (Lipinski definition) is 4. The summed E-state index contributed by atoms with van der Waals surface area (Å²) in [4.78, 5) is 33.0. The molecule has 23 heavy (non-hydrogen) atoms. The van der Waals surface area contributed by atoms with Crippen molar-refractivity contribution in [1.82, 2.24) is 20.2 Å². The molecule has 0 bridgehead atoms. The Morgan fingerprint density at radius 2 is 2.04 bits per heavy atom. The predicted octanol–water partition coefficient (Wildman–Crippen LogP) is 1.31. The highest BCUT2D eigenvalue weighted by Gasteiger charge is 2.05. The molecule has 0 spiro atoms. The van der Waals surface area contributed by atoms with Crippen LogP contribution in [0.5, 0.6) is 0 Å². The molecule has 0 atom stereocenters. The third-order valence-corrected chi connectivity index (χ3v) is 3.58. The SMILES string of the molecule is CN(C)CCCNC(=O)CCCc1nc2ccccc2c(=O)[nH]1. The summed E-state index contributed by atoms with van der Waals surface area (Å²) in [5, 5.41) is 3.50. The number of benzene rings is 1. The minimum atomic E-state index is -0.126. The van der Waals surface area contributed by atoms with Gasteiger partial charge in [-0.05, 0) is 45.6 Å². The van der Waals surface area contributed by atoms with E-state index in [9.17, 15) is 9.59 Å². The van der Waals surface area contributed by atoms with Gasteiger partial charge in [0.2, 0.25) is 5.91 Å². The highest BCUT2D eigenvalue weighted by atomic mass is 16.1. The number of hydrogen-bond donors (Lipinski definition) is 2. The predicted molar refractivity (Wildman–Crippen MR) is 91.5 cm³/mol. The summed E-state index contributed by atoms with van der Waals surface area (Å²) in [6.45, 7) is 1.66. The first-order valence-electron chi connectivity index (χ1n) is 7.95. The molecule has 1 amide bonds. The highest BCUT2D eigenvalue weighted by Crippen LogP contribution is 2.07. The topological polar surface area (TPSA) is 78.1 Å². The molecule has 6 nitrogen and oxygen atoms in total. The van der Waals surface area contributed by atoms with E-state index in [0.717, 1.165) is 13.0 Å². The molecule has 1 aromatic heterocycles. The molecule has 0 aliphatic rings. The Bertz CT molecular complexity index is 709. The number of aromatic amines is 1. The summed E-state index contributed by atoms with van der Waals surface area (Å²) in [6, 6.07) is 7.26. The van der Waals surface area contributed by atoms with Gasteiger partial charge in [-0.25, -0.2) is 4.98 Å². The number of rotatable bonds is 8. The van der Waals surface area contributed by atoms with Gasteiger partial charge in [0.05, 0.1) is 10.9 Å². The molecule has 2 rings (SSSR count). The Kier molecular flexibility index (Phi) is 6.29. The van der Waals surface area contributed by atoms with Gasteiger partial charge in [-0.15, -0.1) is 0 Å². The van der Waals surface area contributed by atoms with Gasteiger partial charge in [0.25, 0.3) is 5.56 Å². The minimum absolute atomic E-state index is 0.0480. The molecule has 1 heterocycles. The molecule has 0 unspecified atom stereocenters. The van der Waals surface area contributed by atoms with Crippen molar-refractivity contribution in [2.75, 3.05) is 27.2 Å². The number of amides is 1. The van der Waals surface area contributed by atoms with E-state index in [1.807, 2.05) is 32.3 Å². The number of carbonyl (C=O) groups is 1. The average molecular weight is 316 g/mol. The van der Waals surface area contributed by atoms with E-state index in [1.165, 1.54) is 0 Å². The number of fused-ring (bicyclic) bond motifs is 1. The summed E-state index contributed by atoms with van der Waals surface area (Å²) in [6.07, 6.45) is 2.64. The number of nitrogens with one attached hydrogen (secondary N) is 2. The number of nitrogens with zero attached hydrogens (tertiary/aromatic N) is 2. The quantitative estimate of drug-likeness (QED) is 0.720. The maximum absolute atomic E-state index is 11.9. The van der Waals surface area contributed by atoms with Crippen LogP contribution in [0.4, 0.5) is 0 Å². The van der Waals surface area contributed by atoms with E-state index in [-0.39, 0.29) is 11.5 Å². The smallest absolute Gasteiger partial charge is 0.258 e. The van der Waals surface area contributed by atoms with Crippen LogP contribution in [-0.2, 0) is 11.2 Å². The van der Waals surface area contributed by atoms with Crippen LogP contribution in [0.2, 0.25) is 0 Å². The monoisotopic (exact) mass is 316 g/mol. The lowest BCUT2D eigenvalue weighted by atomic mass is 10.2. The van der Waals surface area contributed by atoms with Gasteiger partial charge in [0, 0.05) is 19.4 Å². The van der Waals surface area contributed by atoms with Crippen LogP contribution >= 0.6 is 0 Å². The molecule has 1 aromatic carbocycles. The van der Waals surface area contributed by atoms with E-state index in [4.69, 9.17) is 0 Å². The van der Waals surface area contributed by atoms with E-state index >= 15 is 0 Å². The first-order valence-corrected chi connectivity index (χ1v) is 7.95. The standard InChI is InChI=1S/C17H24N4O2/c1-21(2)12-6-11-18-16(22)10-5-9-15-19-14-8-4-3-7-13(14)17(23)20-15/h3-4,7-8H,5-6,9-12H2,1-2H3,(H,18,22)(H,19,20,23). The van der Waals surface area contributed by atoms with Crippen LogP contribution in [0.1, 0.15) is 25.1 Å². The maximum atomic E-state index is 11.9. The van der Waals surface area contributed by atoms with Crippen LogP contribution in [-0.4, -0.2) is 48.0 Å². The number of aromatic nitrogens is 2. The van der Waals surface area contributed by atoms with Crippen molar-refractivity contribution < 1.29 is 4.79 Å². The number of aryl methyl sites for hydroxylation is 1. The Balaban J connectivity index is 1.78. The van der Waals surface area contributed by atoms with E-state index < -0.39 is 0 Å². The molecule has 0 fully saturated rings. The van der Waals surface area contributed by atoms with Gasteiger partial charge in [-0.3, -0.25) is 9.59 Å². The van der Waals surface area contributed by atoms with Gasteiger partial charge in [0.1, 0.15) is 5.82 Å². The molecule has 6 heteroatoms. The minimum Gasteiger partial charge on any atom is -0.356 e. The van der Waals surface area contributed by atoms with Crippen LogP contribution in [0, 0.1) is 0 Å². The zero-order valence-electron chi connectivity index (χ0n) is 13.8. The molecule has 0 saturated carbocycles. The number of para-hydroxylation sites is 1. The third kappa shape index (κ3) is 5.49. The van der Waals surface area contributed by atoms with Gasteiger partial charge < -0.3 is 15.2 Å². The lowest BCUT2D eigenvalue weighted by Gasteiger charge is -2.09. The van der Waals surface area contributed by atoms with Gasteiger partial charge in [0.15, 0.2) is 0 Å². The lowest BCUT2D eigenvalue weighted by molar-refractivity contribution is -0.121. The van der Waals surface area contributed by atoms with E-state index in [2.05, 4.69) is 20.2 Å². The lowest BCUT2D eigenvalue weighted by Crippen LogP contribution is -2.27. The van der Waals surface area contributed by atoms with Crippen molar-refractivity contribution in [3.05, 3.63) is 40.4 Å². The molecule has 2 aromatic rings. The molecule has 124 valence electrons. The van der Waals surface area contributed by atoms with Crippen LogP contribution in [0.3, 0.4) is 0 Å². The molecular weight excluding hydrogens is 292 g/mol. The van der Waals surface area contributed by atoms with Crippen molar-refractivity contribution in [3.8, 4) is 0 Å². The summed E-state index contributed by atoms with van der Waals surface area (Å²) in [5.41, 5.74) is 0.568. The summed E-state index contributed by atoms with van der Waals surface area (Å²) < 4.78 is 0. The maximum Gasteiger partial charge on any atom is 0.258 e. The number of carbonyl (C=O) groups excluding carboxylic acids is 1.